The first-order valence-electron chi connectivity index (χ1n) is 6.86. The van der Waals surface area contributed by atoms with E-state index in [1.54, 1.807) is 11.3 Å². The third-order valence-corrected chi connectivity index (χ3v) is 4.55. The van der Waals surface area contributed by atoms with Crippen molar-refractivity contribution in [1.82, 2.24) is 5.32 Å². The number of carbonyl (C=O) groups excluding carboxylic acids is 1. The van der Waals surface area contributed by atoms with Gasteiger partial charge < -0.3 is 10.1 Å². The Morgan fingerprint density at radius 1 is 1.53 bits per heavy atom. The Morgan fingerprint density at radius 3 is 2.79 bits per heavy atom. The maximum atomic E-state index is 11.7. The standard InChI is InChI=1S/C15H25NO2S/c1-5-6-8-12(14(17)18-4)16-11-15(2,3)13-9-7-10-19-13/h7,9-10,12,16H,5-6,8,11H2,1-4H3. The van der Waals surface area contributed by atoms with E-state index in [4.69, 9.17) is 4.74 Å². The quantitative estimate of drug-likeness (QED) is 0.744. The lowest BCUT2D eigenvalue weighted by Crippen LogP contribution is -2.43. The van der Waals surface area contributed by atoms with E-state index in [2.05, 4.69) is 43.6 Å². The van der Waals surface area contributed by atoms with Gasteiger partial charge in [-0.05, 0) is 17.9 Å². The smallest absolute Gasteiger partial charge is 0.322 e. The Kier molecular flexibility index (Phi) is 6.52. The first kappa shape index (κ1) is 16.2. The third-order valence-electron chi connectivity index (χ3n) is 3.31. The highest BCUT2D eigenvalue weighted by molar-refractivity contribution is 7.10. The summed E-state index contributed by atoms with van der Waals surface area (Å²) in [5.74, 6) is -0.157. The van der Waals surface area contributed by atoms with Crippen LogP contribution in [0.5, 0.6) is 0 Å². The van der Waals surface area contributed by atoms with E-state index in [9.17, 15) is 4.79 Å². The molecule has 1 N–H and O–H groups in total. The van der Waals surface area contributed by atoms with E-state index in [1.165, 1.54) is 12.0 Å². The second kappa shape index (κ2) is 7.65. The first-order valence-corrected chi connectivity index (χ1v) is 7.74. The molecule has 0 fully saturated rings. The van der Waals surface area contributed by atoms with Crippen molar-refractivity contribution in [1.29, 1.82) is 0 Å². The summed E-state index contributed by atoms with van der Waals surface area (Å²) >= 11 is 1.76. The van der Waals surface area contributed by atoms with E-state index in [-0.39, 0.29) is 17.4 Å². The number of hydrogen-bond acceptors (Lipinski definition) is 4. The zero-order valence-electron chi connectivity index (χ0n) is 12.4. The fraction of sp³-hybridized carbons (Fsp3) is 0.667. The van der Waals surface area contributed by atoms with Gasteiger partial charge >= 0.3 is 5.97 Å². The highest BCUT2D eigenvalue weighted by Gasteiger charge is 2.25. The van der Waals surface area contributed by atoms with Gasteiger partial charge in [0.05, 0.1) is 7.11 Å². The Balaban J connectivity index is 2.57. The molecule has 19 heavy (non-hydrogen) atoms. The summed E-state index contributed by atoms with van der Waals surface area (Å²) < 4.78 is 4.87. The van der Waals surface area contributed by atoms with E-state index in [0.717, 1.165) is 25.8 Å². The Morgan fingerprint density at radius 2 is 2.26 bits per heavy atom. The zero-order valence-corrected chi connectivity index (χ0v) is 13.2. The molecule has 0 aliphatic heterocycles. The highest BCUT2D eigenvalue weighted by Crippen LogP contribution is 2.26. The monoisotopic (exact) mass is 283 g/mol. The van der Waals surface area contributed by atoms with Crippen molar-refractivity contribution in [2.24, 2.45) is 0 Å². The minimum Gasteiger partial charge on any atom is -0.468 e. The fourth-order valence-corrected chi connectivity index (χ4v) is 2.83. The topological polar surface area (TPSA) is 38.3 Å². The lowest BCUT2D eigenvalue weighted by molar-refractivity contribution is -0.143. The number of unbranched alkanes of at least 4 members (excludes halogenated alkanes) is 1. The van der Waals surface area contributed by atoms with E-state index < -0.39 is 0 Å². The number of rotatable bonds is 8. The van der Waals surface area contributed by atoms with Gasteiger partial charge in [0.25, 0.3) is 0 Å². The van der Waals surface area contributed by atoms with Gasteiger partial charge in [-0.1, -0.05) is 39.7 Å². The molecule has 0 saturated carbocycles. The largest absolute Gasteiger partial charge is 0.468 e. The van der Waals surface area contributed by atoms with Crippen LogP contribution in [0.2, 0.25) is 0 Å². The summed E-state index contributed by atoms with van der Waals surface area (Å²) in [5.41, 5.74) is 0.0344. The molecule has 0 aromatic carbocycles. The first-order chi connectivity index (χ1) is 9.01. The summed E-state index contributed by atoms with van der Waals surface area (Å²) in [6, 6.07) is 4.02. The van der Waals surface area contributed by atoms with Crippen molar-refractivity contribution in [3.8, 4) is 0 Å². The number of hydrogen-bond donors (Lipinski definition) is 1. The van der Waals surface area contributed by atoms with Crippen LogP contribution in [0.15, 0.2) is 17.5 Å². The highest BCUT2D eigenvalue weighted by atomic mass is 32.1. The molecule has 1 aromatic heterocycles. The number of thiophene rings is 1. The van der Waals surface area contributed by atoms with Gasteiger partial charge in [-0.3, -0.25) is 4.79 Å². The maximum absolute atomic E-state index is 11.7. The summed E-state index contributed by atoms with van der Waals surface area (Å²) in [4.78, 5) is 13.1. The Bertz CT molecular complexity index is 374. The van der Waals surface area contributed by atoms with Crippen molar-refractivity contribution in [3.05, 3.63) is 22.4 Å². The van der Waals surface area contributed by atoms with Gasteiger partial charge in [0.1, 0.15) is 6.04 Å². The Hall–Kier alpha value is -0.870. The van der Waals surface area contributed by atoms with Gasteiger partial charge in [0, 0.05) is 16.8 Å². The van der Waals surface area contributed by atoms with Crippen molar-refractivity contribution >= 4 is 17.3 Å². The SMILES string of the molecule is CCCCC(NCC(C)(C)c1cccs1)C(=O)OC. The zero-order chi connectivity index (χ0) is 14.3. The molecule has 1 aromatic rings. The maximum Gasteiger partial charge on any atom is 0.322 e. The molecule has 0 amide bonds. The number of nitrogens with one attached hydrogen (secondary N) is 1. The van der Waals surface area contributed by atoms with E-state index >= 15 is 0 Å². The van der Waals surface area contributed by atoms with Crippen molar-refractivity contribution in [3.63, 3.8) is 0 Å². The van der Waals surface area contributed by atoms with Gasteiger partial charge in [-0.15, -0.1) is 11.3 Å². The number of methoxy groups -OCH3 is 1. The van der Waals surface area contributed by atoms with Gasteiger partial charge in [-0.25, -0.2) is 0 Å². The second-order valence-corrected chi connectivity index (χ2v) is 6.41. The molecular formula is C15H25NO2S. The molecule has 1 heterocycles. The number of ether oxygens (including phenoxy) is 1. The Labute approximate surface area is 120 Å². The molecule has 1 unspecified atom stereocenters. The van der Waals surface area contributed by atoms with Crippen LogP contribution in [0.25, 0.3) is 0 Å². The molecule has 0 radical (unpaired) electrons. The predicted octanol–water partition coefficient (Wildman–Crippen LogP) is 3.35. The van der Waals surface area contributed by atoms with Gasteiger partial charge in [0.2, 0.25) is 0 Å². The minimum absolute atomic E-state index is 0.0344. The average molecular weight is 283 g/mol. The predicted molar refractivity (Wildman–Crippen MR) is 80.7 cm³/mol. The van der Waals surface area contributed by atoms with Crippen LogP contribution in [0.4, 0.5) is 0 Å². The molecule has 0 aliphatic carbocycles. The van der Waals surface area contributed by atoms with Gasteiger partial charge in [-0.2, -0.15) is 0 Å². The van der Waals surface area contributed by atoms with Crippen LogP contribution in [0, 0.1) is 0 Å². The van der Waals surface area contributed by atoms with E-state index in [1.807, 2.05) is 0 Å². The van der Waals surface area contributed by atoms with Crippen molar-refractivity contribution in [2.75, 3.05) is 13.7 Å². The van der Waals surface area contributed by atoms with Crippen molar-refractivity contribution < 1.29 is 9.53 Å². The number of carbonyl (C=O) groups is 1. The van der Waals surface area contributed by atoms with Crippen LogP contribution in [0.3, 0.4) is 0 Å². The number of esters is 1. The minimum atomic E-state index is -0.191. The third kappa shape index (κ3) is 4.96. The van der Waals surface area contributed by atoms with Gasteiger partial charge in [0.15, 0.2) is 0 Å². The molecule has 1 rings (SSSR count). The summed E-state index contributed by atoms with van der Waals surface area (Å²) in [6.07, 6.45) is 2.96. The average Bonchev–Trinajstić information content (AvgIpc) is 2.92. The fourth-order valence-electron chi connectivity index (χ4n) is 1.98. The molecule has 0 saturated heterocycles. The molecule has 1 atom stereocenters. The van der Waals surface area contributed by atoms with Crippen LogP contribution < -0.4 is 5.32 Å². The summed E-state index contributed by atoms with van der Waals surface area (Å²) in [7, 11) is 1.45. The molecule has 0 spiro atoms. The van der Waals surface area contributed by atoms with Crippen LogP contribution in [-0.4, -0.2) is 25.7 Å². The van der Waals surface area contributed by atoms with E-state index in [0.29, 0.717) is 0 Å². The summed E-state index contributed by atoms with van der Waals surface area (Å²) in [6.45, 7) is 7.29. The molecule has 0 bridgehead atoms. The molecule has 0 aliphatic rings. The lowest BCUT2D eigenvalue weighted by Gasteiger charge is -2.26. The van der Waals surface area contributed by atoms with Crippen LogP contribution >= 0.6 is 11.3 Å². The van der Waals surface area contributed by atoms with Crippen LogP contribution in [0.1, 0.15) is 44.9 Å². The summed E-state index contributed by atoms with van der Waals surface area (Å²) in [5, 5.41) is 5.46. The van der Waals surface area contributed by atoms with Crippen molar-refractivity contribution in [2.45, 2.75) is 51.5 Å². The molecule has 3 nitrogen and oxygen atoms in total. The normalized spacial score (nSPS) is 13.3. The van der Waals surface area contributed by atoms with Crippen LogP contribution in [-0.2, 0) is 14.9 Å². The molecule has 108 valence electrons. The molecule has 4 heteroatoms. The lowest BCUT2D eigenvalue weighted by atomic mass is 9.91. The molecular weight excluding hydrogens is 258 g/mol. The second-order valence-electron chi connectivity index (χ2n) is 5.46.